The first-order valence-electron chi connectivity index (χ1n) is 16.4. The number of hydrogen-bond acceptors (Lipinski definition) is 10. The zero-order valence-electron chi connectivity index (χ0n) is 28.4. The Hall–Kier alpha value is -4.44. The Kier molecular flexibility index (Phi) is 16.6. The van der Waals surface area contributed by atoms with Crippen LogP contribution in [0.15, 0.2) is 42.9 Å². The molecule has 3 rings (SSSR count). The number of carbonyl (C=O) groups is 6. The van der Waals surface area contributed by atoms with Crippen molar-refractivity contribution in [3.63, 3.8) is 0 Å². The number of ketones is 1. The Morgan fingerprint density at radius 1 is 0.939 bits per heavy atom. The van der Waals surface area contributed by atoms with Crippen LogP contribution >= 0.6 is 11.8 Å². The molecule has 1 aromatic heterocycles. The van der Waals surface area contributed by atoms with Crippen molar-refractivity contribution in [3.8, 4) is 0 Å². The predicted molar refractivity (Wildman–Crippen MR) is 184 cm³/mol. The maximum atomic E-state index is 13.7. The Labute approximate surface area is 291 Å². The summed E-state index contributed by atoms with van der Waals surface area (Å²) in [5.41, 5.74) is 1.75. The van der Waals surface area contributed by atoms with E-state index in [0.29, 0.717) is 44.0 Å². The number of ether oxygens (including phenoxy) is 1. The van der Waals surface area contributed by atoms with Gasteiger partial charge in [-0.3, -0.25) is 28.9 Å². The smallest absolute Gasteiger partial charge is 0.409 e. The number of piperazine rings is 1. The van der Waals surface area contributed by atoms with E-state index in [-0.39, 0.29) is 37.5 Å². The highest BCUT2D eigenvalue weighted by Crippen LogP contribution is 2.10. The van der Waals surface area contributed by atoms with E-state index in [1.807, 2.05) is 43.5 Å². The van der Waals surface area contributed by atoms with Gasteiger partial charge in [-0.25, -0.2) is 9.78 Å². The maximum absolute atomic E-state index is 13.7. The second-order valence-corrected chi connectivity index (χ2v) is 12.8. The Bertz CT molecular complexity index is 1370. The molecular weight excluding hydrogens is 652 g/mol. The largest absolute Gasteiger partial charge is 0.447 e. The number of thioether (sulfide) groups is 1. The van der Waals surface area contributed by atoms with Crippen LogP contribution in [0.2, 0.25) is 0 Å². The third-order valence-electron chi connectivity index (χ3n) is 7.75. The van der Waals surface area contributed by atoms with Crippen LogP contribution in [-0.4, -0.2) is 125 Å². The molecule has 0 bridgehead atoms. The first-order valence-corrected chi connectivity index (χ1v) is 17.8. The van der Waals surface area contributed by atoms with Gasteiger partial charge < -0.3 is 35.9 Å². The molecule has 2 heterocycles. The Morgan fingerprint density at radius 3 is 2.27 bits per heavy atom. The highest BCUT2D eigenvalue weighted by atomic mass is 32.2. The molecule has 16 heteroatoms. The number of H-pyrrole nitrogens is 1. The zero-order chi connectivity index (χ0) is 35.6. The molecule has 1 aliphatic rings. The van der Waals surface area contributed by atoms with E-state index in [9.17, 15) is 28.8 Å². The average Bonchev–Trinajstić information content (AvgIpc) is 3.61. The first kappa shape index (κ1) is 39.0. The second-order valence-electron chi connectivity index (χ2n) is 11.8. The number of nitrogens with zero attached hydrogens (tertiary/aromatic N) is 3. The molecule has 1 aromatic carbocycles. The maximum Gasteiger partial charge on any atom is 0.409 e. The molecule has 1 saturated heterocycles. The van der Waals surface area contributed by atoms with Crippen molar-refractivity contribution in [1.82, 2.24) is 41.0 Å². The summed E-state index contributed by atoms with van der Waals surface area (Å²) in [6, 6.07) is 6.53. The van der Waals surface area contributed by atoms with Crippen LogP contribution in [0.4, 0.5) is 4.79 Å². The minimum Gasteiger partial charge on any atom is -0.447 e. The summed E-state index contributed by atoms with van der Waals surface area (Å²) in [6.07, 6.45) is 5.24. The van der Waals surface area contributed by atoms with Gasteiger partial charge in [0.2, 0.25) is 23.6 Å². The van der Waals surface area contributed by atoms with Crippen molar-refractivity contribution in [2.45, 2.75) is 64.2 Å². The monoisotopic (exact) mass is 700 g/mol. The number of carbonyl (C=O) groups excluding carboxylic acids is 6. The average molecular weight is 701 g/mol. The van der Waals surface area contributed by atoms with Gasteiger partial charge in [0.25, 0.3) is 0 Å². The lowest BCUT2D eigenvalue weighted by atomic mass is 10.1. The van der Waals surface area contributed by atoms with Gasteiger partial charge in [-0.05, 0) is 37.3 Å². The van der Waals surface area contributed by atoms with Crippen molar-refractivity contribution >= 4 is 47.3 Å². The molecule has 5 amide bonds. The summed E-state index contributed by atoms with van der Waals surface area (Å²) >= 11 is 1.47. The van der Waals surface area contributed by atoms with Crippen molar-refractivity contribution < 1.29 is 33.5 Å². The van der Waals surface area contributed by atoms with Gasteiger partial charge in [-0.15, -0.1) is 0 Å². The SMILES string of the molecule is CCCC(=O)NC(Cc1cnc[nH]1)C(=O)NC(COC(=O)N1CCN(Cc2ccccc2)CC1)C(=O)NC(CCSC)C(=O)NCC(C)=O. The van der Waals surface area contributed by atoms with Gasteiger partial charge in [-0.2, -0.15) is 11.8 Å². The summed E-state index contributed by atoms with van der Waals surface area (Å²) in [7, 11) is 0. The summed E-state index contributed by atoms with van der Waals surface area (Å²) in [4.78, 5) is 87.9. The third kappa shape index (κ3) is 13.9. The molecule has 0 aliphatic carbocycles. The van der Waals surface area contributed by atoms with Crippen molar-refractivity contribution in [1.29, 1.82) is 0 Å². The molecule has 5 N–H and O–H groups in total. The van der Waals surface area contributed by atoms with Crippen LogP contribution in [0.1, 0.15) is 44.4 Å². The number of amides is 5. The number of aromatic amines is 1. The highest BCUT2D eigenvalue weighted by Gasteiger charge is 2.32. The lowest BCUT2D eigenvalue weighted by molar-refractivity contribution is -0.134. The Morgan fingerprint density at radius 2 is 1.63 bits per heavy atom. The summed E-state index contributed by atoms with van der Waals surface area (Å²) < 4.78 is 5.57. The minimum atomic E-state index is -1.40. The van der Waals surface area contributed by atoms with E-state index in [1.165, 1.54) is 36.8 Å². The van der Waals surface area contributed by atoms with E-state index in [2.05, 4.69) is 36.1 Å². The van der Waals surface area contributed by atoms with E-state index in [1.54, 1.807) is 4.90 Å². The number of benzene rings is 1. The fourth-order valence-corrected chi connectivity index (χ4v) is 5.53. The molecular formula is C33H48N8O7S. The number of nitrogens with one attached hydrogen (secondary N) is 5. The fourth-order valence-electron chi connectivity index (χ4n) is 5.06. The van der Waals surface area contributed by atoms with Gasteiger partial charge >= 0.3 is 6.09 Å². The van der Waals surface area contributed by atoms with E-state index in [4.69, 9.17) is 4.74 Å². The summed E-state index contributed by atoms with van der Waals surface area (Å²) in [5, 5.41) is 10.5. The molecule has 49 heavy (non-hydrogen) atoms. The van der Waals surface area contributed by atoms with E-state index < -0.39 is 48.5 Å². The number of aromatic nitrogens is 2. The number of Topliss-reactive ketones (excluding diaryl/α,β-unsaturated/α-hetero) is 1. The van der Waals surface area contributed by atoms with Gasteiger partial charge in [0.05, 0.1) is 12.9 Å². The molecule has 268 valence electrons. The number of rotatable bonds is 19. The molecule has 15 nitrogen and oxygen atoms in total. The Balaban J connectivity index is 1.72. The summed E-state index contributed by atoms with van der Waals surface area (Å²) in [5.74, 6) is -2.09. The predicted octanol–water partition coefficient (Wildman–Crippen LogP) is 0.619. The zero-order valence-corrected chi connectivity index (χ0v) is 29.2. The van der Waals surface area contributed by atoms with Crippen LogP contribution < -0.4 is 21.3 Å². The molecule has 2 aromatic rings. The van der Waals surface area contributed by atoms with Crippen LogP contribution in [0.5, 0.6) is 0 Å². The molecule has 1 aliphatic heterocycles. The van der Waals surface area contributed by atoms with Crippen LogP contribution in [0, 0.1) is 0 Å². The van der Waals surface area contributed by atoms with E-state index >= 15 is 0 Å². The highest BCUT2D eigenvalue weighted by molar-refractivity contribution is 7.98. The molecule has 0 radical (unpaired) electrons. The molecule has 0 saturated carbocycles. The summed E-state index contributed by atoms with van der Waals surface area (Å²) in [6.45, 7) is 5.28. The van der Waals surface area contributed by atoms with E-state index in [0.717, 1.165) is 6.54 Å². The first-order chi connectivity index (χ1) is 23.6. The van der Waals surface area contributed by atoms with Gasteiger partial charge in [0, 0.05) is 57.5 Å². The third-order valence-corrected chi connectivity index (χ3v) is 8.39. The normalized spacial score (nSPS) is 15.0. The molecule has 3 unspecified atom stereocenters. The van der Waals surface area contributed by atoms with Crippen LogP contribution in [-0.2, 0) is 41.7 Å². The number of imidazole rings is 1. The van der Waals surface area contributed by atoms with Crippen LogP contribution in [0.25, 0.3) is 0 Å². The lowest BCUT2D eigenvalue weighted by Crippen LogP contribution is -2.59. The van der Waals surface area contributed by atoms with Crippen molar-refractivity contribution in [3.05, 3.63) is 54.1 Å². The fraction of sp³-hybridized carbons (Fsp3) is 0.545. The van der Waals surface area contributed by atoms with Gasteiger partial charge in [0.15, 0.2) is 0 Å². The molecule has 0 spiro atoms. The quantitative estimate of drug-likeness (QED) is 0.139. The lowest BCUT2D eigenvalue weighted by Gasteiger charge is -2.34. The number of hydrogen-bond donors (Lipinski definition) is 5. The standard InChI is InChI=1S/C33H48N8O7S/c1-4-8-29(43)37-27(17-25-19-34-22-36-25)31(45)39-28(32(46)38-26(11-16-49-3)30(44)35-18-23(2)42)21-48-33(47)41-14-12-40(13-15-41)20-24-9-6-5-7-10-24/h5-7,9-10,19,22,26-28H,4,8,11-18,20-21H2,1-3H3,(H,34,36)(H,35,44)(H,37,43)(H,38,46)(H,39,45). The van der Waals surface area contributed by atoms with Gasteiger partial charge in [-0.1, -0.05) is 37.3 Å². The minimum absolute atomic E-state index is 0.0620. The molecule has 1 fully saturated rings. The van der Waals surface area contributed by atoms with Crippen molar-refractivity contribution in [2.24, 2.45) is 0 Å². The van der Waals surface area contributed by atoms with Crippen molar-refractivity contribution in [2.75, 3.05) is 51.3 Å². The second kappa shape index (κ2) is 20.8. The molecule has 3 atom stereocenters. The van der Waals surface area contributed by atoms with Gasteiger partial charge in [0.1, 0.15) is 30.5 Å². The topological polar surface area (TPSA) is 195 Å². The van der Waals surface area contributed by atoms with Crippen LogP contribution in [0.3, 0.4) is 0 Å².